The van der Waals surface area contributed by atoms with Crippen LogP contribution in [-0.4, -0.2) is 37.8 Å². The first-order valence-corrected chi connectivity index (χ1v) is 9.88. The summed E-state index contributed by atoms with van der Waals surface area (Å²) in [6.45, 7) is 0.746. The molecule has 5 nitrogen and oxygen atoms in total. The molecule has 0 saturated carbocycles. The van der Waals surface area contributed by atoms with Crippen LogP contribution in [0.2, 0.25) is 0 Å². The summed E-state index contributed by atoms with van der Waals surface area (Å²) in [4.78, 5) is 14.0. The van der Waals surface area contributed by atoms with Crippen LogP contribution in [0.1, 0.15) is 24.8 Å². The number of aromatic nitrogens is 2. The lowest BCUT2D eigenvalue weighted by atomic mass is 9.89. The Kier molecular flexibility index (Phi) is 4.24. The molecule has 2 aliphatic rings. The molecule has 0 aliphatic carbocycles. The fourth-order valence-electron chi connectivity index (χ4n) is 4.89. The molecule has 5 rings (SSSR count). The van der Waals surface area contributed by atoms with Gasteiger partial charge in [0.15, 0.2) is 0 Å². The maximum absolute atomic E-state index is 11.6. The molecule has 0 radical (unpaired) electrons. The molecule has 2 aromatic carbocycles. The van der Waals surface area contributed by atoms with Crippen molar-refractivity contribution in [1.82, 2.24) is 14.7 Å². The highest BCUT2D eigenvalue weighted by Gasteiger charge is 2.49. The van der Waals surface area contributed by atoms with Gasteiger partial charge in [-0.25, -0.2) is 4.68 Å². The number of hydrogen-bond acceptors (Lipinski definition) is 3. The summed E-state index contributed by atoms with van der Waals surface area (Å²) in [6.07, 6.45) is 4.95. The van der Waals surface area contributed by atoms with E-state index in [-0.39, 0.29) is 12.0 Å². The summed E-state index contributed by atoms with van der Waals surface area (Å²) in [5.74, 6) is -0.886. The second kappa shape index (κ2) is 6.91. The number of rotatable bonds is 5. The third-order valence-corrected chi connectivity index (χ3v) is 6.21. The Labute approximate surface area is 164 Å². The standard InChI is InChI=1S/C23H23N3O2/c27-23(28)20-13-19-11-12-21(20)25(19)14-17-15-26(18-9-5-2-6-10-18)24-22(17)16-7-3-1-4-8-16/h1-10,15,19-21H,11-14H2,(H,27,28). The SMILES string of the molecule is O=C(O)C1CC2CCC1N2Cc1cn(-c2ccccc2)nc1-c1ccccc1. The average Bonchev–Trinajstić information content (AvgIpc) is 3.43. The molecule has 0 spiro atoms. The second-order valence-corrected chi connectivity index (χ2v) is 7.80. The molecule has 1 N–H and O–H groups in total. The predicted molar refractivity (Wildman–Crippen MR) is 107 cm³/mol. The number of hydrogen-bond donors (Lipinski definition) is 1. The quantitative estimate of drug-likeness (QED) is 0.735. The molecule has 2 bridgehead atoms. The Morgan fingerprint density at radius 2 is 1.75 bits per heavy atom. The van der Waals surface area contributed by atoms with Crippen molar-refractivity contribution in [3.63, 3.8) is 0 Å². The van der Waals surface area contributed by atoms with Gasteiger partial charge in [-0.1, -0.05) is 48.5 Å². The third kappa shape index (κ3) is 2.92. The van der Waals surface area contributed by atoms with Crippen molar-refractivity contribution in [2.45, 2.75) is 37.9 Å². The number of benzene rings is 2. The van der Waals surface area contributed by atoms with E-state index in [2.05, 4.69) is 23.2 Å². The Bertz CT molecular complexity index is 984. The van der Waals surface area contributed by atoms with E-state index in [4.69, 9.17) is 5.10 Å². The summed E-state index contributed by atoms with van der Waals surface area (Å²) < 4.78 is 1.93. The zero-order chi connectivity index (χ0) is 19.1. The maximum atomic E-state index is 11.6. The number of nitrogens with zero attached hydrogens (tertiary/aromatic N) is 3. The van der Waals surface area contributed by atoms with E-state index >= 15 is 0 Å². The highest BCUT2D eigenvalue weighted by molar-refractivity contribution is 5.72. The van der Waals surface area contributed by atoms with Gasteiger partial charge in [-0.3, -0.25) is 9.69 Å². The summed E-state index contributed by atoms with van der Waals surface area (Å²) in [6, 6.07) is 20.9. The molecule has 0 amide bonds. The second-order valence-electron chi connectivity index (χ2n) is 7.80. The molecule has 28 heavy (non-hydrogen) atoms. The van der Waals surface area contributed by atoms with Crippen LogP contribution in [0.3, 0.4) is 0 Å². The van der Waals surface area contributed by atoms with Gasteiger partial charge in [-0.2, -0.15) is 5.10 Å². The number of fused-ring (bicyclic) bond motifs is 2. The fraction of sp³-hybridized carbons (Fsp3) is 0.304. The van der Waals surface area contributed by atoms with Crippen molar-refractivity contribution in [3.05, 3.63) is 72.4 Å². The Hall–Kier alpha value is -2.92. The Morgan fingerprint density at radius 3 is 2.43 bits per heavy atom. The van der Waals surface area contributed by atoms with E-state index in [1.54, 1.807) is 0 Å². The molecule has 3 atom stereocenters. The number of para-hydroxylation sites is 1. The van der Waals surface area contributed by atoms with E-state index in [0.717, 1.165) is 48.3 Å². The van der Waals surface area contributed by atoms with E-state index < -0.39 is 5.97 Å². The van der Waals surface area contributed by atoms with Gasteiger partial charge in [0.1, 0.15) is 0 Å². The molecule has 3 unspecified atom stereocenters. The van der Waals surface area contributed by atoms with Gasteiger partial charge in [0.2, 0.25) is 0 Å². The molecular weight excluding hydrogens is 350 g/mol. The van der Waals surface area contributed by atoms with Crippen LogP contribution in [0.25, 0.3) is 16.9 Å². The third-order valence-electron chi connectivity index (χ3n) is 6.21. The summed E-state index contributed by atoms with van der Waals surface area (Å²) in [5, 5.41) is 14.5. The largest absolute Gasteiger partial charge is 0.481 e. The monoisotopic (exact) mass is 373 g/mol. The lowest BCUT2D eigenvalue weighted by Crippen LogP contribution is -2.32. The molecule has 3 aromatic rings. The smallest absolute Gasteiger partial charge is 0.308 e. The van der Waals surface area contributed by atoms with E-state index in [1.807, 2.05) is 53.2 Å². The summed E-state index contributed by atoms with van der Waals surface area (Å²) in [7, 11) is 0. The van der Waals surface area contributed by atoms with Crippen molar-refractivity contribution in [2.75, 3.05) is 0 Å². The van der Waals surface area contributed by atoms with Gasteiger partial charge in [0.25, 0.3) is 0 Å². The molecule has 3 heterocycles. The molecular formula is C23H23N3O2. The summed E-state index contributed by atoms with van der Waals surface area (Å²) in [5.41, 5.74) is 4.24. The van der Waals surface area contributed by atoms with Crippen LogP contribution >= 0.6 is 0 Å². The van der Waals surface area contributed by atoms with Crippen LogP contribution in [0.4, 0.5) is 0 Å². The molecule has 5 heteroatoms. The lowest BCUT2D eigenvalue weighted by molar-refractivity contribution is -0.142. The van der Waals surface area contributed by atoms with E-state index in [1.165, 1.54) is 0 Å². The zero-order valence-electron chi connectivity index (χ0n) is 15.6. The molecule has 2 saturated heterocycles. The number of carbonyl (C=O) groups is 1. The molecule has 2 aliphatic heterocycles. The minimum absolute atomic E-state index is 0.145. The minimum atomic E-state index is -0.652. The first-order chi connectivity index (χ1) is 13.7. The molecule has 142 valence electrons. The predicted octanol–water partition coefficient (Wildman–Crippen LogP) is 3.98. The fourth-order valence-corrected chi connectivity index (χ4v) is 4.89. The van der Waals surface area contributed by atoms with Crippen molar-refractivity contribution in [2.24, 2.45) is 5.92 Å². The number of aliphatic carboxylic acids is 1. The van der Waals surface area contributed by atoms with Gasteiger partial charge >= 0.3 is 5.97 Å². The Morgan fingerprint density at radius 1 is 1.04 bits per heavy atom. The van der Waals surface area contributed by atoms with Gasteiger partial charge in [-0.05, 0) is 31.4 Å². The normalized spacial score (nSPS) is 23.9. The van der Waals surface area contributed by atoms with E-state index in [9.17, 15) is 9.90 Å². The highest BCUT2D eigenvalue weighted by atomic mass is 16.4. The number of carboxylic acids is 1. The van der Waals surface area contributed by atoms with Crippen molar-refractivity contribution >= 4 is 5.97 Å². The topological polar surface area (TPSA) is 58.4 Å². The van der Waals surface area contributed by atoms with Crippen LogP contribution in [0, 0.1) is 5.92 Å². The van der Waals surface area contributed by atoms with Crippen LogP contribution in [-0.2, 0) is 11.3 Å². The van der Waals surface area contributed by atoms with Crippen LogP contribution < -0.4 is 0 Å². The van der Waals surface area contributed by atoms with E-state index in [0.29, 0.717) is 6.04 Å². The van der Waals surface area contributed by atoms with Gasteiger partial charge in [-0.15, -0.1) is 0 Å². The first-order valence-electron chi connectivity index (χ1n) is 9.88. The Balaban J connectivity index is 1.52. The van der Waals surface area contributed by atoms with Gasteiger partial charge in [0.05, 0.1) is 17.3 Å². The maximum Gasteiger partial charge on any atom is 0.308 e. The van der Waals surface area contributed by atoms with Gasteiger partial charge < -0.3 is 5.11 Å². The average molecular weight is 373 g/mol. The van der Waals surface area contributed by atoms with Crippen LogP contribution in [0.5, 0.6) is 0 Å². The lowest BCUT2D eigenvalue weighted by Gasteiger charge is -2.22. The van der Waals surface area contributed by atoms with Crippen molar-refractivity contribution < 1.29 is 9.90 Å². The van der Waals surface area contributed by atoms with Crippen molar-refractivity contribution in [1.29, 1.82) is 0 Å². The molecule has 1 aromatic heterocycles. The van der Waals surface area contributed by atoms with Crippen LogP contribution in [0.15, 0.2) is 66.9 Å². The summed E-state index contributed by atoms with van der Waals surface area (Å²) >= 11 is 0. The van der Waals surface area contributed by atoms with Gasteiger partial charge in [0, 0.05) is 36.0 Å². The highest BCUT2D eigenvalue weighted by Crippen LogP contribution is 2.43. The minimum Gasteiger partial charge on any atom is -0.481 e. The number of carboxylic acid groups (broad SMARTS) is 1. The molecule has 2 fully saturated rings. The first kappa shape index (κ1) is 17.2. The van der Waals surface area contributed by atoms with Crippen molar-refractivity contribution in [3.8, 4) is 16.9 Å². The zero-order valence-corrected chi connectivity index (χ0v) is 15.6.